The van der Waals surface area contributed by atoms with Crippen LogP contribution in [0.15, 0.2) is 53.0 Å². The van der Waals surface area contributed by atoms with Gasteiger partial charge in [-0.3, -0.25) is 4.74 Å². The van der Waals surface area contributed by atoms with Gasteiger partial charge < -0.3 is 0 Å². The maximum absolute atomic E-state index is 5.43. The molecule has 1 aliphatic rings. The number of allylic oxidation sites excluding steroid dienone is 7. The third-order valence-electron chi connectivity index (χ3n) is 4.62. The van der Waals surface area contributed by atoms with Gasteiger partial charge >= 0.3 is 0 Å². The van der Waals surface area contributed by atoms with Gasteiger partial charge in [0.05, 0.1) is 0 Å². The zero-order valence-electron chi connectivity index (χ0n) is 19.9. The molecule has 27 heavy (non-hydrogen) atoms. The van der Waals surface area contributed by atoms with Crippen molar-refractivity contribution < 1.29 is 21.7 Å². The van der Waals surface area contributed by atoms with E-state index in [0.717, 1.165) is 12.8 Å². The molecule has 0 atom stereocenters. The molecule has 1 nitrogen and oxygen atoms in total. The molecule has 154 valence electrons. The Bertz CT molecular complexity index is 557. The molecular formula is C24H44NPTi. The molecule has 0 spiro atoms. The van der Waals surface area contributed by atoms with Crippen molar-refractivity contribution in [2.45, 2.75) is 104 Å². The van der Waals surface area contributed by atoms with Crippen molar-refractivity contribution in [3.8, 4) is 0 Å². The van der Waals surface area contributed by atoms with Crippen LogP contribution in [-0.4, -0.2) is 15.5 Å². The Morgan fingerprint density at radius 3 is 1.70 bits per heavy atom. The minimum Gasteiger partial charge on any atom is -0.270 e. The summed E-state index contributed by atoms with van der Waals surface area (Å²) < 4.78 is 5.43. The number of rotatable bonds is 3. The molecule has 0 unspecified atom stereocenters. The van der Waals surface area contributed by atoms with E-state index in [2.05, 4.69) is 99.6 Å². The molecule has 0 aromatic carbocycles. The Morgan fingerprint density at radius 2 is 1.41 bits per heavy atom. The maximum atomic E-state index is 5.43. The van der Waals surface area contributed by atoms with Gasteiger partial charge in [0.25, 0.3) is 0 Å². The van der Waals surface area contributed by atoms with E-state index in [1.54, 1.807) is 0 Å². The Labute approximate surface area is 185 Å². The van der Waals surface area contributed by atoms with E-state index in [0.29, 0.717) is 0 Å². The molecule has 0 N–H and O–H groups in total. The van der Waals surface area contributed by atoms with Crippen LogP contribution in [0.5, 0.6) is 0 Å². The molecular weight excluding hydrogens is 381 g/mol. The fraction of sp³-hybridized carbons (Fsp3) is 0.667. The molecule has 0 radical (unpaired) electrons. The molecule has 1 rings (SSSR count). The first-order valence-electron chi connectivity index (χ1n) is 10.0. The van der Waals surface area contributed by atoms with Gasteiger partial charge in [0.2, 0.25) is 0 Å². The van der Waals surface area contributed by atoms with Crippen LogP contribution in [0.25, 0.3) is 0 Å². The summed E-state index contributed by atoms with van der Waals surface area (Å²) in [6.45, 7) is 25.5. The first-order chi connectivity index (χ1) is 11.7. The summed E-state index contributed by atoms with van der Waals surface area (Å²) in [7, 11) is -1.58. The van der Waals surface area contributed by atoms with E-state index in [-0.39, 0.29) is 37.2 Å². The van der Waals surface area contributed by atoms with Gasteiger partial charge in [0.1, 0.15) is 0 Å². The average Bonchev–Trinajstić information content (AvgIpc) is 2.95. The molecule has 0 aliphatic heterocycles. The Hall–Kier alpha value is -0.0957. The fourth-order valence-electron chi connectivity index (χ4n) is 4.50. The molecule has 0 saturated heterocycles. The van der Waals surface area contributed by atoms with Crippen LogP contribution in [0.1, 0.15) is 89.0 Å². The second-order valence-electron chi connectivity index (χ2n) is 9.90. The van der Waals surface area contributed by atoms with Crippen molar-refractivity contribution in [2.24, 2.45) is 4.74 Å². The standard InChI is InChI=1S/C17H32NP.C7H12.Ti/c1-15(2,3)19(16(4,5)6,17(7,8)9)18-14-12-10-11-13-14;1-3-5-7-6-4-2;/h10-12H,13H2,1-9H3;3,5-7H,4H2,1-2H3;. The molecule has 0 bridgehead atoms. The maximum Gasteiger partial charge on any atom is 0.0425 e. The topological polar surface area (TPSA) is 12.4 Å². The third-order valence-corrected chi connectivity index (χ3v) is 11.0. The fourth-order valence-corrected chi connectivity index (χ4v) is 12.0. The summed E-state index contributed by atoms with van der Waals surface area (Å²) in [5.41, 5.74) is 1.27. The molecule has 0 aromatic heterocycles. The van der Waals surface area contributed by atoms with Crippen LogP contribution in [-0.2, 0) is 21.7 Å². The van der Waals surface area contributed by atoms with E-state index in [1.165, 1.54) is 5.70 Å². The third kappa shape index (κ3) is 8.04. The minimum absolute atomic E-state index is 0. The SMILES string of the molecule is CC(C)(C)P(=NC1=CC=CC1)(C(C)(C)C)C(C)(C)C.CC=CC=CCC.[Ti]. The summed E-state index contributed by atoms with van der Waals surface area (Å²) in [6, 6.07) is 0. The van der Waals surface area contributed by atoms with Crippen molar-refractivity contribution in [2.75, 3.05) is 0 Å². The van der Waals surface area contributed by atoms with Crippen LogP contribution >= 0.6 is 7.05 Å². The molecule has 1 aliphatic carbocycles. The average molecular weight is 425 g/mol. The van der Waals surface area contributed by atoms with E-state index in [4.69, 9.17) is 4.74 Å². The van der Waals surface area contributed by atoms with Crippen molar-refractivity contribution in [1.82, 2.24) is 0 Å². The summed E-state index contributed by atoms with van der Waals surface area (Å²) in [5.74, 6) is 0. The zero-order valence-corrected chi connectivity index (χ0v) is 22.3. The second kappa shape index (κ2) is 11.8. The van der Waals surface area contributed by atoms with E-state index in [1.807, 2.05) is 19.1 Å². The van der Waals surface area contributed by atoms with Crippen molar-refractivity contribution in [3.05, 3.63) is 48.2 Å². The van der Waals surface area contributed by atoms with E-state index < -0.39 is 7.05 Å². The van der Waals surface area contributed by atoms with Crippen LogP contribution < -0.4 is 0 Å². The van der Waals surface area contributed by atoms with Crippen LogP contribution in [0.3, 0.4) is 0 Å². The number of hydrogen-bond acceptors (Lipinski definition) is 1. The van der Waals surface area contributed by atoms with E-state index in [9.17, 15) is 0 Å². The number of nitrogens with zero attached hydrogens (tertiary/aromatic N) is 1. The monoisotopic (exact) mass is 425 g/mol. The molecule has 0 amide bonds. The normalized spacial score (nSPS) is 15.4. The van der Waals surface area contributed by atoms with Crippen molar-refractivity contribution in [3.63, 3.8) is 0 Å². The van der Waals surface area contributed by atoms with Gasteiger partial charge in [-0.1, -0.05) is 106 Å². The second-order valence-corrected chi connectivity index (χ2v) is 15.4. The first kappa shape index (κ1) is 29.1. The van der Waals surface area contributed by atoms with Gasteiger partial charge in [-0.25, -0.2) is 0 Å². The molecule has 0 saturated carbocycles. The van der Waals surface area contributed by atoms with Gasteiger partial charge in [0.15, 0.2) is 0 Å². The molecule has 0 aromatic rings. The molecule has 3 heteroatoms. The zero-order chi connectivity index (χ0) is 20.6. The predicted molar refractivity (Wildman–Crippen MR) is 125 cm³/mol. The Morgan fingerprint density at radius 1 is 0.926 bits per heavy atom. The predicted octanol–water partition coefficient (Wildman–Crippen LogP) is 8.95. The van der Waals surface area contributed by atoms with Gasteiger partial charge in [-0.2, -0.15) is 0 Å². The summed E-state index contributed by atoms with van der Waals surface area (Å²) in [4.78, 5) is 0. The smallest absolute Gasteiger partial charge is 0.0425 e. The summed E-state index contributed by atoms with van der Waals surface area (Å²) in [5, 5.41) is 0.646. The minimum atomic E-state index is -1.58. The van der Waals surface area contributed by atoms with Gasteiger partial charge in [-0.15, -0.1) is 0 Å². The quantitative estimate of drug-likeness (QED) is 0.243. The number of hydrogen-bond donors (Lipinski definition) is 0. The Balaban J connectivity index is 0. The molecule has 0 fully saturated rings. The largest absolute Gasteiger partial charge is 0.270 e. The van der Waals surface area contributed by atoms with Gasteiger partial charge in [-0.05, 0) is 41.9 Å². The Kier molecular flexibility index (Phi) is 12.7. The van der Waals surface area contributed by atoms with Crippen molar-refractivity contribution in [1.29, 1.82) is 0 Å². The van der Waals surface area contributed by atoms with Gasteiger partial charge in [0, 0.05) is 33.8 Å². The van der Waals surface area contributed by atoms with Crippen LogP contribution in [0.2, 0.25) is 0 Å². The van der Waals surface area contributed by atoms with Crippen LogP contribution in [0, 0.1) is 0 Å². The summed E-state index contributed by atoms with van der Waals surface area (Å²) in [6.07, 6.45) is 16.9. The van der Waals surface area contributed by atoms with Crippen molar-refractivity contribution >= 4 is 7.05 Å². The first-order valence-corrected chi connectivity index (χ1v) is 11.7. The van der Waals surface area contributed by atoms with E-state index >= 15 is 0 Å². The van der Waals surface area contributed by atoms with Crippen LogP contribution in [0.4, 0.5) is 0 Å². The summed E-state index contributed by atoms with van der Waals surface area (Å²) >= 11 is 0. The molecule has 0 heterocycles.